The highest BCUT2D eigenvalue weighted by atomic mass is 35.5. The zero-order valence-electron chi connectivity index (χ0n) is 11.0. The molecule has 0 aliphatic carbocycles. The summed E-state index contributed by atoms with van der Waals surface area (Å²) in [6.07, 6.45) is 4.53. The second-order valence-corrected chi connectivity index (χ2v) is 5.12. The van der Waals surface area contributed by atoms with Crippen molar-refractivity contribution in [3.8, 4) is 5.82 Å². The number of imidazole rings is 1. The fourth-order valence-electron chi connectivity index (χ4n) is 2.33. The van der Waals surface area contributed by atoms with E-state index in [1.165, 1.54) is 6.20 Å². The number of halogens is 1. The lowest BCUT2D eigenvalue weighted by atomic mass is 10.3. The van der Waals surface area contributed by atoms with E-state index in [1.54, 1.807) is 29.2 Å². The van der Waals surface area contributed by atoms with Crippen LogP contribution < -0.4 is 0 Å². The van der Waals surface area contributed by atoms with Crippen molar-refractivity contribution in [3.63, 3.8) is 0 Å². The largest absolute Gasteiger partial charge is 0.478 e. The minimum absolute atomic E-state index is 0.0804. The lowest BCUT2D eigenvalue weighted by Crippen LogP contribution is -2.00. The summed E-state index contributed by atoms with van der Waals surface area (Å²) in [5, 5.41) is 9.77. The number of rotatable bonds is 2. The lowest BCUT2D eigenvalue weighted by Gasteiger charge is -2.03. The first-order chi connectivity index (χ1) is 10.6. The molecule has 0 unspecified atom stereocenters. The lowest BCUT2D eigenvalue weighted by molar-refractivity contribution is 0.0699. The maximum Gasteiger partial charge on any atom is 0.339 e. The van der Waals surface area contributed by atoms with Gasteiger partial charge in [-0.2, -0.15) is 0 Å². The van der Waals surface area contributed by atoms with E-state index in [1.807, 2.05) is 6.07 Å². The second-order valence-electron chi connectivity index (χ2n) is 4.68. The third-order valence-electron chi connectivity index (χ3n) is 3.35. The quantitative estimate of drug-likeness (QED) is 0.593. The van der Waals surface area contributed by atoms with Crippen LogP contribution in [0.4, 0.5) is 0 Å². The normalized spacial score (nSPS) is 11.3. The Hall–Kier alpha value is -2.93. The molecule has 0 aliphatic rings. The molecule has 3 aromatic heterocycles. The van der Waals surface area contributed by atoms with Crippen molar-refractivity contribution in [1.82, 2.24) is 24.5 Å². The van der Waals surface area contributed by atoms with Crippen LogP contribution in [-0.4, -0.2) is 35.6 Å². The molecule has 0 fully saturated rings. The predicted octanol–water partition coefficient (Wildman–Crippen LogP) is 2.65. The SMILES string of the molecule is O=C(O)c1c[nH]c2ncc(-n3cnc4cc(Cl)ccc43)nc12. The van der Waals surface area contributed by atoms with E-state index in [0.717, 1.165) is 11.0 Å². The Morgan fingerprint density at radius 2 is 2.18 bits per heavy atom. The van der Waals surface area contributed by atoms with Crippen molar-refractivity contribution >= 4 is 39.8 Å². The molecule has 4 rings (SSSR count). The summed E-state index contributed by atoms with van der Waals surface area (Å²) in [5.74, 6) is -0.570. The minimum Gasteiger partial charge on any atom is -0.478 e. The highest BCUT2D eigenvalue weighted by Crippen LogP contribution is 2.22. The number of nitrogens with zero attached hydrogens (tertiary/aromatic N) is 4. The molecule has 0 saturated heterocycles. The Bertz CT molecular complexity index is 1040. The number of carboxylic acid groups (broad SMARTS) is 1. The highest BCUT2D eigenvalue weighted by molar-refractivity contribution is 6.31. The van der Waals surface area contributed by atoms with Crippen LogP contribution in [-0.2, 0) is 0 Å². The first-order valence-electron chi connectivity index (χ1n) is 6.34. The van der Waals surface area contributed by atoms with Gasteiger partial charge in [0.1, 0.15) is 17.4 Å². The number of H-pyrrole nitrogens is 1. The Labute approximate surface area is 128 Å². The minimum atomic E-state index is -1.06. The summed E-state index contributed by atoms with van der Waals surface area (Å²) in [4.78, 5) is 26.9. The summed E-state index contributed by atoms with van der Waals surface area (Å²) in [5.41, 5.74) is 2.35. The van der Waals surface area contributed by atoms with E-state index in [0.29, 0.717) is 22.0 Å². The number of fused-ring (bicyclic) bond motifs is 2. The van der Waals surface area contributed by atoms with Crippen LogP contribution in [0.5, 0.6) is 0 Å². The monoisotopic (exact) mass is 313 g/mol. The van der Waals surface area contributed by atoms with Crippen LogP contribution in [0.3, 0.4) is 0 Å². The summed E-state index contributed by atoms with van der Waals surface area (Å²) in [6.45, 7) is 0. The number of carboxylic acids is 1. The van der Waals surface area contributed by atoms with E-state index in [-0.39, 0.29) is 5.56 Å². The van der Waals surface area contributed by atoms with Gasteiger partial charge < -0.3 is 10.1 Å². The van der Waals surface area contributed by atoms with E-state index < -0.39 is 5.97 Å². The van der Waals surface area contributed by atoms with Crippen molar-refractivity contribution in [2.75, 3.05) is 0 Å². The van der Waals surface area contributed by atoms with E-state index in [2.05, 4.69) is 19.9 Å². The van der Waals surface area contributed by atoms with Crippen LogP contribution in [0, 0.1) is 0 Å². The van der Waals surface area contributed by atoms with E-state index >= 15 is 0 Å². The molecule has 0 saturated carbocycles. The Kier molecular flexibility index (Phi) is 2.64. The van der Waals surface area contributed by atoms with Gasteiger partial charge in [0, 0.05) is 11.2 Å². The maximum absolute atomic E-state index is 11.2. The molecule has 0 amide bonds. The number of aromatic carboxylic acids is 1. The first-order valence-corrected chi connectivity index (χ1v) is 6.71. The number of hydrogen-bond donors (Lipinski definition) is 2. The van der Waals surface area contributed by atoms with Crippen molar-refractivity contribution in [2.45, 2.75) is 0 Å². The van der Waals surface area contributed by atoms with Gasteiger partial charge in [0.15, 0.2) is 11.5 Å². The number of hydrogen-bond acceptors (Lipinski definition) is 4. The fraction of sp³-hybridized carbons (Fsp3) is 0. The standard InChI is InChI=1S/C14H8ClN5O2/c15-7-1-2-10-9(3-7)18-6-20(10)11-5-17-13-12(19-11)8(4-16-13)14(21)22/h1-6H,(H,16,17)(H,21,22). The third kappa shape index (κ3) is 1.83. The topological polar surface area (TPSA) is 96.7 Å². The summed E-state index contributed by atoms with van der Waals surface area (Å²) in [7, 11) is 0. The molecule has 1 aromatic carbocycles. The molecular weight excluding hydrogens is 306 g/mol. The highest BCUT2D eigenvalue weighted by Gasteiger charge is 2.15. The van der Waals surface area contributed by atoms with Gasteiger partial charge in [0.2, 0.25) is 0 Å². The molecule has 2 N–H and O–H groups in total. The summed E-state index contributed by atoms with van der Waals surface area (Å²) in [6, 6.07) is 5.33. The molecule has 3 heterocycles. The summed E-state index contributed by atoms with van der Waals surface area (Å²) < 4.78 is 1.73. The van der Waals surface area contributed by atoms with Crippen LogP contribution >= 0.6 is 11.6 Å². The van der Waals surface area contributed by atoms with Crippen LogP contribution in [0.25, 0.3) is 28.0 Å². The smallest absolute Gasteiger partial charge is 0.339 e. The molecule has 22 heavy (non-hydrogen) atoms. The number of nitrogens with one attached hydrogen (secondary N) is 1. The molecule has 7 nitrogen and oxygen atoms in total. The van der Waals surface area contributed by atoms with Crippen molar-refractivity contribution in [3.05, 3.63) is 47.5 Å². The second kappa shape index (κ2) is 4.54. The number of aromatic nitrogens is 5. The van der Waals surface area contributed by atoms with E-state index in [9.17, 15) is 9.90 Å². The van der Waals surface area contributed by atoms with Crippen molar-refractivity contribution < 1.29 is 9.90 Å². The molecule has 108 valence electrons. The Morgan fingerprint density at radius 1 is 1.32 bits per heavy atom. The predicted molar refractivity (Wildman–Crippen MR) is 80.5 cm³/mol. The van der Waals surface area contributed by atoms with Gasteiger partial charge in [0.25, 0.3) is 0 Å². The van der Waals surface area contributed by atoms with Gasteiger partial charge in [-0.25, -0.2) is 19.7 Å². The molecular formula is C14H8ClN5O2. The van der Waals surface area contributed by atoms with Crippen molar-refractivity contribution in [1.29, 1.82) is 0 Å². The zero-order valence-corrected chi connectivity index (χ0v) is 11.7. The van der Waals surface area contributed by atoms with Crippen LogP contribution in [0.15, 0.2) is 36.9 Å². The van der Waals surface area contributed by atoms with Gasteiger partial charge >= 0.3 is 5.97 Å². The van der Waals surface area contributed by atoms with Gasteiger partial charge in [0.05, 0.1) is 17.2 Å². The van der Waals surface area contributed by atoms with E-state index in [4.69, 9.17) is 11.6 Å². The van der Waals surface area contributed by atoms with Crippen molar-refractivity contribution in [2.24, 2.45) is 0 Å². The van der Waals surface area contributed by atoms with Crippen LogP contribution in [0.1, 0.15) is 10.4 Å². The average molecular weight is 314 g/mol. The van der Waals surface area contributed by atoms with Gasteiger partial charge in [-0.3, -0.25) is 4.57 Å². The molecule has 8 heteroatoms. The molecule has 0 spiro atoms. The zero-order chi connectivity index (χ0) is 15.3. The van der Waals surface area contributed by atoms with Crippen LogP contribution in [0.2, 0.25) is 5.02 Å². The molecule has 4 aromatic rings. The number of aromatic amines is 1. The Morgan fingerprint density at radius 3 is 3.00 bits per heavy atom. The van der Waals surface area contributed by atoms with Gasteiger partial charge in [-0.05, 0) is 18.2 Å². The maximum atomic E-state index is 11.2. The number of carbonyl (C=O) groups is 1. The molecule has 0 atom stereocenters. The molecule has 0 aliphatic heterocycles. The first kappa shape index (κ1) is 12.8. The molecule has 0 radical (unpaired) electrons. The molecule has 0 bridgehead atoms. The summed E-state index contributed by atoms with van der Waals surface area (Å²) >= 11 is 5.95. The number of benzene rings is 1. The van der Waals surface area contributed by atoms with Gasteiger partial charge in [-0.15, -0.1) is 0 Å². The van der Waals surface area contributed by atoms with Gasteiger partial charge in [-0.1, -0.05) is 11.6 Å². The third-order valence-corrected chi connectivity index (χ3v) is 3.59. The Balaban J connectivity index is 1.96. The average Bonchev–Trinajstić information content (AvgIpc) is 3.09. The fourth-order valence-corrected chi connectivity index (χ4v) is 2.50.